The van der Waals surface area contributed by atoms with Gasteiger partial charge in [-0.25, -0.2) is 9.37 Å². The maximum Gasteiger partial charge on any atom is 0.253 e. The van der Waals surface area contributed by atoms with Gasteiger partial charge in [0.1, 0.15) is 17.6 Å². The summed E-state index contributed by atoms with van der Waals surface area (Å²) in [5, 5.41) is 18.6. The number of nitrogens with one attached hydrogen (secondary N) is 2. The van der Waals surface area contributed by atoms with E-state index in [0.717, 1.165) is 60.6 Å². The van der Waals surface area contributed by atoms with Crippen molar-refractivity contribution >= 4 is 34.5 Å². The number of thiazole rings is 1. The number of piperazine rings is 1. The molecule has 0 bridgehead atoms. The molecule has 1 aliphatic heterocycles. The van der Waals surface area contributed by atoms with Gasteiger partial charge in [0.2, 0.25) is 6.41 Å². The molecule has 2 heterocycles. The molecule has 0 saturated carbocycles. The number of benzene rings is 3. The molecule has 1 aliphatic rings. The number of phenols is 1. The summed E-state index contributed by atoms with van der Waals surface area (Å²) < 4.78 is 14.2. The van der Waals surface area contributed by atoms with Crippen LogP contribution in [0.5, 0.6) is 5.75 Å². The van der Waals surface area contributed by atoms with Gasteiger partial charge >= 0.3 is 0 Å². The summed E-state index contributed by atoms with van der Waals surface area (Å²) in [5.41, 5.74) is 5.04. The van der Waals surface area contributed by atoms with Gasteiger partial charge in [-0.05, 0) is 59.5 Å². The highest BCUT2D eigenvalue weighted by molar-refractivity contribution is 7.13. The highest BCUT2D eigenvalue weighted by Gasteiger charge is 2.31. The molecular weight excluding hydrogens is 529 g/mol. The van der Waals surface area contributed by atoms with Crippen LogP contribution >= 0.6 is 11.3 Å². The molecule has 4 aromatic rings. The van der Waals surface area contributed by atoms with Crippen molar-refractivity contribution < 1.29 is 19.1 Å². The molecule has 3 aromatic carbocycles. The molecule has 2 amide bonds. The molecule has 1 unspecified atom stereocenters. The van der Waals surface area contributed by atoms with E-state index in [1.807, 2.05) is 25.1 Å². The number of amides is 2. The number of hydrogen-bond acceptors (Lipinski definition) is 7. The number of aryl methyl sites for hydroxylation is 1. The largest absolute Gasteiger partial charge is 0.508 e. The van der Waals surface area contributed by atoms with Crippen molar-refractivity contribution in [2.45, 2.75) is 19.5 Å². The second-order valence-corrected chi connectivity index (χ2v) is 10.5. The van der Waals surface area contributed by atoms with Crippen molar-refractivity contribution in [1.29, 1.82) is 0 Å². The van der Waals surface area contributed by atoms with Gasteiger partial charge in [-0.1, -0.05) is 30.3 Å². The van der Waals surface area contributed by atoms with E-state index in [0.29, 0.717) is 11.5 Å². The van der Waals surface area contributed by atoms with Crippen molar-refractivity contribution in [2.75, 3.05) is 36.4 Å². The first-order valence-corrected chi connectivity index (χ1v) is 13.9. The fraction of sp³-hybridized carbons (Fsp3) is 0.233. The molecule has 8 nitrogen and oxygen atoms in total. The van der Waals surface area contributed by atoms with Crippen LogP contribution in [-0.4, -0.2) is 53.5 Å². The number of aromatic nitrogens is 1. The number of nitrogens with zero attached hydrogens (tertiary/aromatic N) is 3. The van der Waals surface area contributed by atoms with Crippen molar-refractivity contribution in [3.8, 4) is 16.9 Å². The van der Waals surface area contributed by atoms with Gasteiger partial charge in [0.05, 0.1) is 0 Å². The summed E-state index contributed by atoms with van der Waals surface area (Å²) in [6.07, 6.45) is 2.08. The van der Waals surface area contributed by atoms with Crippen LogP contribution in [0.15, 0.2) is 72.2 Å². The monoisotopic (exact) mass is 559 g/mol. The van der Waals surface area contributed by atoms with E-state index in [4.69, 9.17) is 0 Å². The first-order valence-electron chi connectivity index (χ1n) is 13.0. The van der Waals surface area contributed by atoms with Gasteiger partial charge < -0.3 is 20.2 Å². The Bertz CT molecular complexity index is 1470. The predicted octanol–water partition coefficient (Wildman–Crippen LogP) is 4.71. The number of carbonyl (C=O) groups is 2. The van der Waals surface area contributed by atoms with Crippen LogP contribution < -0.4 is 15.5 Å². The summed E-state index contributed by atoms with van der Waals surface area (Å²) in [4.78, 5) is 33.4. The summed E-state index contributed by atoms with van der Waals surface area (Å²) in [6.45, 7) is 5.94. The lowest BCUT2D eigenvalue weighted by molar-refractivity contribution is -0.130. The van der Waals surface area contributed by atoms with Gasteiger partial charge in [0.15, 0.2) is 5.13 Å². The second-order valence-electron chi connectivity index (χ2n) is 9.64. The van der Waals surface area contributed by atoms with E-state index in [2.05, 4.69) is 44.8 Å². The van der Waals surface area contributed by atoms with Crippen molar-refractivity contribution in [1.82, 2.24) is 15.2 Å². The number of anilines is 2. The quantitative estimate of drug-likeness (QED) is 0.257. The van der Waals surface area contributed by atoms with E-state index in [9.17, 15) is 19.1 Å². The third-order valence-corrected chi connectivity index (χ3v) is 7.73. The molecule has 1 atom stereocenters. The molecule has 0 aliphatic carbocycles. The Hall–Kier alpha value is -4.28. The zero-order chi connectivity index (χ0) is 28.1. The number of halogens is 1. The first-order chi connectivity index (χ1) is 19.4. The van der Waals surface area contributed by atoms with Gasteiger partial charge in [0.25, 0.3) is 5.91 Å². The highest BCUT2D eigenvalue weighted by Crippen LogP contribution is 2.32. The van der Waals surface area contributed by atoms with Crippen LogP contribution in [-0.2, 0) is 16.1 Å². The van der Waals surface area contributed by atoms with Gasteiger partial charge in [0, 0.05) is 55.6 Å². The van der Waals surface area contributed by atoms with Gasteiger partial charge in [-0.3, -0.25) is 14.9 Å². The molecule has 1 fully saturated rings. The fourth-order valence-electron chi connectivity index (χ4n) is 4.90. The minimum Gasteiger partial charge on any atom is -0.508 e. The number of rotatable bonds is 9. The number of aromatic hydroxyl groups is 1. The number of hydrogen-bond donors (Lipinski definition) is 3. The van der Waals surface area contributed by atoms with Crippen LogP contribution in [0.25, 0.3) is 11.1 Å². The average molecular weight is 560 g/mol. The number of phenolic OH excluding ortho intramolecular Hbond substituents is 1. The fourth-order valence-corrected chi connectivity index (χ4v) is 5.43. The Morgan fingerprint density at radius 3 is 2.58 bits per heavy atom. The lowest BCUT2D eigenvalue weighted by atomic mass is 9.98. The average Bonchev–Trinajstić information content (AvgIpc) is 3.49. The van der Waals surface area contributed by atoms with E-state index in [-0.39, 0.29) is 17.9 Å². The smallest absolute Gasteiger partial charge is 0.253 e. The minimum absolute atomic E-state index is 0.0139. The lowest BCUT2D eigenvalue weighted by Gasteiger charge is -2.29. The van der Waals surface area contributed by atoms with E-state index < -0.39 is 17.8 Å². The molecule has 0 radical (unpaired) electrons. The first kappa shape index (κ1) is 27.3. The van der Waals surface area contributed by atoms with Crippen LogP contribution in [0.1, 0.15) is 22.7 Å². The Kier molecular flexibility index (Phi) is 8.37. The molecule has 40 heavy (non-hydrogen) atoms. The normalized spacial score (nSPS) is 14.0. The van der Waals surface area contributed by atoms with Crippen molar-refractivity contribution in [2.24, 2.45) is 0 Å². The van der Waals surface area contributed by atoms with Crippen molar-refractivity contribution in [3.05, 3.63) is 94.7 Å². The third-order valence-electron chi connectivity index (χ3n) is 7.04. The molecule has 5 rings (SSSR count). The molecule has 10 heteroatoms. The molecule has 0 spiro atoms. The lowest BCUT2D eigenvalue weighted by Crippen LogP contribution is -2.43. The standard InChI is InChI=1S/C30H30FN5O3S/c1-20-16-22(21-4-7-25(8-5-21)35-13-10-32-11-14-35)2-3-23(20)18-36(19-37)28(26-17-24(31)6-9-27(26)38)29(39)34-30-33-12-15-40-30/h2-9,12,15-17,19,28,32,38H,10-11,13-14,18H2,1H3,(H,33,34,39). The minimum atomic E-state index is -1.28. The maximum atomic E-state index is 14.2. The summed E-state index contributed by atoms with van der Waals surface area (Å²) in [7, 11) is 0. The summed E-state index contributed by atoms with van der Waals surface area (Å²) >= 11 is 1.21. The second kappa shape index (κ2) is 12.3. The predicted molar refractivity (Wildman–Crippen MR) is 155 cm³/mol. The Morgan fingerprint density at radius 2 is 1.90 bits per heavy atom. The third kappa shape index (κ3) is 6.13. The Morgan fingerprint density at radius 1 is 1.15 bits per heavy atom. The van der Waals surface area contributed by atoms with Crippen molar-refractivity contribution in [3.63, 3.8) is 0 Å². The van der Waals surface area contributed by atoms with Crippen LogP contribution in [0.4, 0.5) is 15.2 Å². The Balaban J connectivity index is 1.39. The molecular formula is C30H30FN5O3S. The van der Waals surface area contributed by atoms with Crippen LogP contribution in [0.3, 0.4) is 0 Å². The summed E-state index contributed by atoms with van der Waals surface area (Å²) in [5.74, 6) is -1.53. The van der Waals surface area contributed by atoms with E-state index in [1.165, 1.54) is 34.2 Å². The zero-order valence-electron chi connectivity index (χ0n) is 22.0. The maximum absolute atomic E-state index is 14.2. The zero-order valence-corrected chi connectivity index (χ0v) is 22.8. The van der Waals surface area contributed by atoms with Gasteiger partial charge in [-0.15, -0.1) is 11.3 Å². The highest BCUT2D eigenvalue weighted by atomic mass is 32.1. The SMILES string of the molecule is Cc1cc(-c2ccc(N3CCNCC3)cc2)ccc1CN(C=O)C(C(=O)Nc1nccs1)c1cc(F)ccc1O. The number of carbonyl (C=O) groups excluding carboxylic acids is 2. The molecule has 206 valence electrons. The Labute approximate surface area is 236 Å². The summed E-state index contributed by atoms with van der Waals surface area (Å²) in [6, 6.07) is 16.5. The van der Waals surface area contributed by atoms with Gasteiger partial charge in [-0.2, -0.15) is 0 Å². The molecule has 1 aromatic heterocycles. The van der Waals surface area contributed by atoms with Crippen LogP contribution in [0, 0.1) is 12.7 Å². The van der Waals surface area contributed by atoms with E-state index in [1.54, 1.807) is 5.38 Å². The van der Waals surface area contributed by atoms with Crippen LogP contribution in [0.2, 0.25) is 0 Å². The van der Waals surface area contributed by atoms with E-state index >= 15 is 0 Å². The topological polar surface area (TPSA) is 97.8 Å². The molecule has 1 saturated heterocycles. The molecule has 3 N–H and O–H groups in total.